The van der Waals surface area contributed by atoms with E-state index in [1.165, 1.54) is 23.3 Å². The maximum atomic E-state index is 12.5. The highest BCUT2D eigenvalue weighted by Crippen LogP contribution is 2.33. The van der Waals surface area contributed by atoms with E-state index in [1.54, 1.807) is 11.3 Å². The highest BCUT2D eigenvalue weighted by Gasteiger charge is 2.23. The zero-order valence-electron chi connectivity index (χ0n) is 14.8. The van der Waals surface area contributed by atoms with E-state index in [-0.39, 0.29) is 11.5 Å². The Bertz CT molecular complexity index is 854. The summed E-state index contributed by atoms with van der Waals surface area (Å²) in [5.41, 5.74) is 1.18. The van der Waals surface area contributed by atoms with Crippen LogP contribution < -0.4 is 5.56 Å². The van der Waals surface area contributed by atoms with Crippen LogP contribution in [-0.4, -0.2) is 33.4 Å². The maximum absolute atomic E-state index is 12.5. The fourth-order valence-corrected chi connectivity index (χ4v) is 5.45. The number of aryl methyl sites for hydroxylation is 3. The van der Waals surface area contributed by atoms with Crippen LogP contribution in [0.2, 0.25) is 0 Å². The van der Waals surface area contributed by atoms with Gasteiger partial charge in [-0.3, -0.25) is 9.59 Å². The van der Waals surface area contributed by atoms with Crippen molar-refractivity contribution in [2.45, 2.75) is 70.8 Å². The van der Waals surface area contributed by atoms with Crippen molar-refractivity contribution in [2.24, 2.45) is 0 Å². The summed E-state index contributed by atoms with van der Waals surface area (Å²) in [4.78, 5) is 36.8. The molecular formula is C19H25N3O2S. The third kappa shape index (κ3) is 3.24. The summed E-state index contributed by atoms with van der Waals surface area (Å²) in [7, 11) is 0. The van der Waals surface area contributed by atoms with E-state index in [9.17, 15) is 9.59 Å². The van der Waals surface area contributed by atoms with Crippen molar-refractivity contribution in [3.8, 4) is 0 Å². The Kier molecular flexibility index (Phi) is 4.63. The number of hydrogen-bond donors (Lipinski definition) is 1. The molecule has 1 aliphatic carbocycles. The number of carbonyl (C=O) groups excluding carboxylic acids is 1. The molecule has 1 unspecified atom stereocenters. The van der Waals surface area contributed by atoms with Gasteiger partial charge >= 0.3 is 0 Å². The highest BCUT2D eigenvalue weighted by atomic mass is 32.1. The fraction of sp³-hybridized carbons (Fsp3) is 0.632. The molecule has 5 nitrogen and oxygen atoms in total. The average molecular weight is 359 g/mol. The summed E-state index contributed by atoms with van der Waals surface area (Å²) in [6.45, 7) is 2.99. The van der Waals surface area contributed by atoms with Crippen LogP contribution in [0.4, 0.5) is 0 Å². The van der Waals surface area contributed by atoms with Crippen molar-refractivity contribution in [1.82, 2.24) is 14.9 Å². The predicted octanol–water partition coefficient (Wildman–Crippen LogP) is 3.20. The van der Waals surface area contributed by atoms with Gasteiger partial charge in [-0.25, -0.2) is 4.98 Å². The average Bonchev–Trinajstić information content (AvgIpc) is 2.99. The first-order chi connectivity index (χ1) is 12.1. The normalized spacial score (nSPS) is 20.7. The largest absolute Gasteiger partial charge is 0.340 e. The first-order valence-corrected chi connectivity index (χ1v) is 10.3. The molecule has 1 atom stereocenters. The zero-order valence-corrected chi connectivity index (χ0v) is 15.6. The van der Waals surface area contributed by atoms with E-state index in [0.717, 1.165) is 48.9 Å². The molecule has 0 radical (unpaired) electrons. The molecule has 2 aromatic heterocycles. The van der Waals surface area contributed by atoms with Gasteiger partial charge in [0.2, 0.25) is 5.91 Å². The first kappa shape index (κ1) is 16.8. The lowest BCUT2D eigenvalue weighted by Crippen LogP contribution is -2.42. The van der Waals surface area contributed by atoms with E-state index < -0.39 is 0 Å². The number of amides is 1. The number of likely N-dealkylation sites (tertiary alicyclic amines) is 1. The molecule has 1 aliphatic heterocycles. The molecule has 0 saturated carbocycles. The van der Waals surface area contributed by atoms with Crippen LogP contribution in [0.5, 0.6) is 0 Å². The van der Waals surface area contributed by atoms with Gasteiger partial charge in [0.1, 0.15) is 10.7 Å². The lowest BCUT2D eigenvalue weighted by Gasteiger charge is -2.33. The molecule has 4 rings (SSSR count). The summed E-state index contributed by atoms with van der Waals surface area (Å²) in [6.07, 6.45) is 8.74. The standard InChI is InChI=1S/C19H25N3O2S/c1-12-6-4-5-11-22(12)16(23)10-9-15-20-18(24)17-13-7-2-3-8-14(13)25-19(17)21-15/h12H,2-11H2,1H3,(H,20,21,24). The summed E-state index contributed by atoms with van der Waals surface area (Å²) < 4.78 is 0. The molecule has 25 heavy (non-hydrogen) atoms. The number of fused-ring (bicyclic) bond motifs is 3. The van der Waals surface area contributed by atoms with Crippen LogP contribution in [-0.2, 0) is 24.1 Å². The second-order valence-corrected chi connectivity index (χ2v) is 8.42. The van der Waals surface area contributed by atoms with E-state index in [1.807, 2.05) is 4.90 Å². The third-order valence-corrected chi connectivity index (χ3v) is 6.76. The lowest BCUT2D eigenvalue weighted by molar-refractivity contribution is -0.134. The number of hydrogen-bond acceptors (Lipinski definition) is 4. The second kappa shape index (κ2) is 6.90. The Hall–Kier alpha value is -1.69. The molecular weight excluding hydrogens is 334 g/mol. The molecule has 0 spiro atoms. The van der Waals surface area contributed by atoms with Gasteiger partial charge in [0, 0.05) is 30.3 Å². The minimum atomic E-state index is -0.0295. The van der Waals surface area contributed by atoms with Gasteiger partial charge in [0.15, 0.2) is 0 Å². The molecule has 1 N–H and O–H groups in total. The van der Waals surface area contributed by atoms with E-state index >= 15 is 0 Å². The molecule has 6 heteroatoms. The number of piperidine rings is 1. The number of aromatic nitrogens is 2. The van der Waals surface area contributed by atoms with Gasteiger partial charge in [-0.15, -0.1) is 11.3 Å². The van der Waals surface area contributed by atoms with Crippen LogP contribution in [0, 0.1) is 0 Å². The topological polar surface area (TPSA) is 66.1 Å². The number of H-pyrrole nitrogens is 1. The fourth-order valence-electron chi connectivity index (χ4n) is 4.16. The molecule has 0 aromatic carbocycles. The van der Waals surface area contributed by atoms with Gasteiger partial charge in [0.25, 0.3) is 5.56 Å². The number of nitrogens with one attached hydrogen (secondary N) is 1. The monoisotopic (exact) mass is 359 g/mol. The Labute approximate surface area is 151 Å². The van der Waals surface area contributed by atoms with Gasteiger partial charge < -0.3 is 9.88 Å². The molecule has 134 valence electrons. The number of rotatable bonds is 3. The van der Waals surface area contributed by atoms with Crippen molar-refractivity contribution >= 4 is 27.5 Å². The molecule has 1 amide bonds. The van der Waals surface area contributed by atoms with Gasteiger partial charge in [-0.05, 0) is 57.4 Å². The summed E-state index contributed by atoms with van der Waals surface area (Å²) in [5.74, 6) is 0.828. The van der Waals surface area contributed by atoms with E-state index in [0.29, 0.717) is 24.7 Å². The Balaban J connectivity index is 1.52. The van der Waals surface area contributed by atoms with Crippen LogP contribution in [0.3, 0.4) is 0 Å². The van der Waals surface area contributed by atoms with E-state index in [2.05, 4.69) is 16.9 Å². The number of aromatic amines is 1. The molecule has 0 bridgehead atoms. The van der Waals surface area contributed by atoms with Gasteiger partial charge in [-0.2, -0.15) is 0 Å². The highest BCUT2D eigenvalue weighted by molar-refractivity contribution is 7.18. The summed E-state index contributed by atoms with van der Waals surface area (Å²) in [6, 6.07) is 0.333. The van der Waals surface area contributed by atoms with Crippen molar-refractivity contribution in [1.29, 1.82) is 0 Å². The Morgan fingerprint density at radius 1 is 1.28 bits per heavy atom. The van der Waals surface area contributed by atoms with Crippen molar-refractivity contribution in [2.75, 3.05) is 6.54 Å². The first-order valence-electron chi connectivity index (χ1n) is 9.46. The summed E-state index contributed by atoms with van der Waals surface area (Å²) in [5, 5.41) is 0.791. The van der Waals surface area contributed by atoms with Gasteiger partial charge in [0.05, 0.1) is 5.39 Å². The van der Waals surface area contributed by atoms with Gasteiger partial charge in [-0.1, -0.05) is 0 Å². The minimum Gasteiger partial charge on any atom is -0.340 e. The van der Waals surface area contributed by atoms with Crippen LogP contribution in [0.1, 0.15) is 61.7 Å². The quantitative estimate of drug-likeness (QED) is 0.915. The molecule has 2 aliphatic rings. The maximum Gasteiger partial charge on any atom is 0.259 e. The van der Waals surface area contributed by atoms with E-state index in [4.69, 9.17) is 0 Å². The van der Waals surface area contributed by atoms with Crippen LogP contribution >= 0.6 is 11.3 Å². The Morgan fingerprint density at radius 2 is 2.12 bits per heavy atom. The smallest absolute Gasteiger partial charge is 0.259 e. The molecule has 3 heterocycles. The van der Waals surface area contributed by atoms with Crippen molar-refractivity contribution < 1.29 is 4.79 Å². The van der Waals surface area contributed by atoms with Crippen LogP contribution in [0.25, 0.3) is 10.2 Å². The van der Waals surface area contributed by atoms with Crippen molar-refractivity contribution in [3.05, 3.63) is 26.6 Å². The SMILES string of the molecule is CC1CCCCN1C(=O)CCc1nc2sc3c(c2c(=O)[nH]1)CCCC3. The zero-order chi connectivity index (χ0) is 17.4. The Morgan fingerprint density at radius 3 is 2.96 bits per heavy atom. The molecule has 1 saturated heterocycles. The molecule has 2 aromatic rings. The lowest BCUT2D eigenvalue weighted by atomic mass is 9.97. The minimum absolute atomic E-state index is 0.0295. The number of nitrogens with zero attached hydrogens (tertiary/aromatic N) is 2. The van der Waals surface area contributed by atoms with Crippen molar-refractivity contribution in [3.63, 3.8) is 0 Å². The van der Waals surface area contributed by atoms with Crippen LogP contribution in [0.15, 0.2) is 4.79 Å². The number of thiophene rings is 1. The number of carbonyl (C=O) groups is 1. The summed E-state index contributed by atoms with van der Waals surface area (Å²) >= 11 is 1.66. The third-order valence-electron chi connectivity index (χ3n) is 5.57. The predicted molar refractivity (Wildman–Crippen MR) is 100 cm³/mol. The second-order valence-electron chi connectivity index (χ2n) is 7.34. The molecule has 1 fully saturated rings.